The number of hydrogen-bond acceptors (Lipinski definition) is 6. The quantitative estimate of drug-likeness (QED) is 0.512. The largest absolute Gasteiger partial charge is 0.495 e. The van der Waals surface area contributed by atoms with Gasteiger partial charge in [0.15, 0.2) is 0 Å². The van der Waals surface area contributed by atoms with E-state index >= 15 is 0 Å². The molecule has 2 aliphatic rings. The van der Waals surface area contributed by atoms with Crippen molar-refractivity contribution in [3.63, 3.8) is 0 Å². The normalized spacial score (nSPS) is 22.4. The number of nitrogens with one attached hydrogen (secondary N) is 1. The molecule has 154 valence electrons. The SMILES string of the molecule is COCCNS(=O)(=O)c1cc(CN2C(=O)[C@H]3CCCC[C@@H]3C2=O)ccc1OC. The number of sulfonamides is 1. The van der Waals surface area contributed by atoms with Crippen molar-refractivity contribution in [1.29, 1.82) is 0 Å². The molecule has 28 heavy (non-hydrogen) atoms. The van der Waals surface area contributed by atoms with E-state index in [1.807, 2.05) is 0 Å². The fraction of sp³-hybridized carbons (Fsp3) is 0.579. The van der Waals surface area contributed by atoms with Crippen LogP contribution in [0.25, 0.3) is 0 Å². The van der Waals surface area contributed by atoms with Crippen LogP contribution in [0.1, 0.15) is 31.2 Å². The number of nitrogens with zero attached hydrogens (tertiary/aromatic N) is 1. The van der Waals surface area contributed by atoms with Crippen LogP contribution in [0.3, 0.4) is 0 Å². The van der Waals surface area contributed by atoms with Crippen LogP contribution in [0.2, 0.25) is 0 Å². The minimum Gasteiger partial charge on any atom is -0.495 e. The predicted molar refractivity (Wildman–Crippen MR) is 101 cm³/mol. The molecule has 0 spiro atoms. The molecule has 1 aromatic rings. The van der Waals surface area contributed by atoms with Gasteiger partial charge < -0.3 is 9.47 Å². The minimum absolute atomic E-state index is 0.0277. The molecule has 1 saturated carbocycles. The Labute approximate surface area is 165 Å². The Morgan fingerprint density at radius 2 is 1.75 bits per heavy atom. The molecule has 1 N–H and O–H groups in total. The number of benzene rings is 1. The molecule has 0 bridgehead atoms. The van der Waals surface area contributed by atoms with Crippen LogP contribution >= 0.6 is 0 Å². The molecular weight excluding hydrogens is 384 g/mol. The van der Waals surface area contributed by atoms with Gasteiger partial charge in [0.05, 0.1) is 32.1 Å². The Morgan fingerprint density at radius 1 is 1.11 bits per heavy atom. The highest BCUT2D eigenvalue weighted by atomic mass is 32.2. The number of carbonyl (C=O) groups excluding carboxylic acids is 2. The summed E-state index contributed by atoms with van der Waals surface area (Å²) in [6, 6.07) is 4.67. The molecule has 1 aromatic carbocycles. The first kappa shape index (κ1) is 20.8. The molecule has 1 saturated heterocycles. The van der Waals surface area contributed by atoms with Crippen molar-refractivity contribution in [2.45, 2.75) is 37.1 Å². The van der Waals surface area contributed by atoms with Crippen molar-refractivity contribution in [3.8, 4) is 5.75 Å². The summed E-state index contributed by atoms with van der Waals surface area (Å²) in [6.45, 7) is 0.425. The maximum Gasteiger partial charge on any atom is 0.244 e. The third kappa shape index (κ3) is 4.06. The monoisotopic (exact) mass is 410 g/mol. The number of carbonyl (C=O) groups is 2. The fourth-order valence-corrected chi connectivity index (χ4v) is 5.19. The Bertz CT molecular complexity index is 830. The van der Waals surface area contributed by atoms with E-state index < -0.39 is 10.0 Å². The Morgan fingerprint density at radius 3 is 2.32 bits per heavy atom. The third-order valence-electron chi connectivity index (χ3n) is 5.39. The van der Waals surface area contributed by atoms with Crippen molar-refractivity contribution in [3.05, 3.63) is 23.8 Å². The number of hydrogen-bond donors (Lipinski definition) is 1. The van der Waals surface area contributed by atoms with Crippen LogP contribution in [-0.2, 0) is 30.9 Å². The molecular formula is C19H26N2O6S. The van der Waals surface area contributed by atoms with Crippen LogP contribution in [0, 0.1) is 11.8 Å². The molecule has 9 heteroatoms. The summed E-state index contributed by atoms with van der Waals surface area (Å²) in [7, 11) is -0.949. The lowest BCUT2D eigenvalue weighted by atomic mass is 9.81. The van der Waals surface area contributed by atoms with E-state index in [-0.39, 0.29) is 54.0 Å². The highest BCUT2D eigenvalue weighted by molar-refractivity contribution is 7.89. The van der Waals surface area contributed by atoms with Gasteiger partial charge in [0.25, 0.3) is 0 Å². The third-order valence-corrected chi connectivity index (χ3v) is 6.87. The lowest BCUT2D eigenvalue weighted by Gasteiger charge is -2.19. The van der Waals surface area contributed by atoms with Gasteiger partial charge >= 0.3 is 0 Å². The highest BCUT2D eigenvalue weighted by Crippen LogP contribution is 2.38. The lowest BCUT2D eigenvalue weighted by Crippen LogP contribution is -2.31. The summed E-state index contributed by atoms with van der Waals surface area (Å²) >= 11 is 0. The Kier molecular flexibility index (Phi) is 6.36. The number of imide groups is 1. The Balaban J connectivity index is 1.83. The summed E-state index contributed by atoms with van der Waals surface area (Å²) in [4.78, 5) is 26.6. The summed E-state index contributed by atoms with van der Waals surface area (Å²) < 4.78 is 37.7. The van der Waals surface area contributed by atoms with Gasteiger partial charge in [-0.1, -0.05) is 18.9 Å². The number of rotatable bonds is 8. The van der Waals surface area contributed by atoms with Gasteiger partial charge in [0.1, 0.15) is 10.6 Å². The second kappa shape index (κ2) is 8.59. The first-order valence-corrected chi connectivity index (χ1v) is 10.9. The van der Waals surface area contributed by atoms with Crippen LogP contribution in [-0.4, -0.2) is 52.5 Å². The number of methoxy groups -OCH3 is 2. The lowest BCUT2D eigenvalue weighted by molar-refractivity contribution is -0.140. The molecule has 2 atom stereocenters. The molecule has 2 amide bonds. The molecule has 3 rings (SSSR count). The number of likely N-dealkylation sites (tertiary alicyclic amines) is 1. The number of ether oxygens (including phenoxy) is 2. The Hall–Kier alpha value is -1.97. The van der Waals surface area contributed by atoms with Crippen LogP contribution in [0.5, 0.6) is 5.75 Å². The van der Waals surface area contributed by atoms with E-state index in [0.29, 0.717) is 5.56 Å². The van der Waals surface area contributed by atoms with Gasteiger partial charge in [-0.15, -0.1) is 0 Å². The number of amides is 2. The summed E-state index contributed by atoms with van der Waals surface area (Å²) in [5.74, 6) is -0.542. The van der Waals surface area contributed by atoms with Gasteiger partial charge in [-0.25, -0.2) is 13.1 Å². The van der Waals surface area contributed by atoms with Crippen LogP contribution < -0.4 is 9.46 Å². The average molecular weight is 410 g/mol. The van der Waals surface area contributed by atoms with Crippen molar-refractivity contribution in [2.24, 2.45) is 11.8 Å². The molecule has 0 radical (unpaired) electrons. The predicted octanol–water partition coefficient (Wildman–Crippen LogP) is 1.30. The number of fused-ring (bicyclic) bond motifs is 1. The van der Waals surface area contributed by atoms with Gasteiger partial charge in [-0.3, -0.25) is 14.5 Å². The smallest absolute Gasteiger partial charge is 0.244 e. The maximum atomic E-state index is 12.7. The van der Waals surface area contributed by atoms with Crippen LogP contribution in [0.4, 0.5) is 0 Å². The second-order valence-electron chi connectivity index (χ2n) is 7.14. The van der Waals surface area contributed by atoms with Gasteiger partial charge in [0.2, 0.25) is 21.8 Å². The van der Waals surface area contributed by atoms with Gasteiger partial charge in [-0.05, 0) is 30.5 Å². The average Bonchev–Trinajstić information content (AvgIpc) is 2.93. The van der Waals surface area contributed by atoms with Crippen molar-refractivity contribution in [2.75, 3.05) is 27.4 Å². The summed E-state index contributed by atoms with van der Waals surface area (Å²) in [6.07, 6.45) is 3.42. The van der Waals surface area contributed by atoms with Crippen molar-refractivity contribution < 1.29 is 27.5 Å². The van der Waals surface area contributed by atoms with E-state index in [1.54, 1.807) is 6.07 Å². The molecule has 2 fully saturated rings. The van der Waals surface area contributed by atoms with Crippen molar-refractivity contribution in [1.82, 2.24) is 9.62 Å². The first-order valence-electron chi connectivity index (χ1n) is 9.39. The zero-order valence-electron chi connectivity index (χ0n) is 16.1. The molecule has 0 unspecified atom stereocenters. The van der Waals surface area contributed by atoms with Crippen molar-refractivity contribution >= 4 is 21.8 Å². The van der Waals surface area contributed by atoms with E-state index in [9.17, 15) is 18.0 Å². The second-order valence-corrected chi connectivity index (χ2v) is 8.87. The van der Waals surface area contributed by atoms with E-state index in [2.05, 4.69) is 4.72 Å². The molecule has 0 aromatic heterocycles. The first-order chi connectivity index (χ1) is 13.4. The fourth-order valence-electron chi connectivity index (χ4n) is 3.95. The molecule has 8 nitrogen and oxygen atoms in total. The zero-order valence-corrected chi connectivity index (χ0v) is 17.0. The van der Waals surface area contributed by atoms with E-state index in [1.165, 1.54) is 31.3 Å². The van der Waals surface area contributed by atoms with Gasteiger partial charge in [-0.2, -0.15) is 0 Å². The minimum atomic E-state index is -3.82. The molecule has 1 aliphatic carbocycles. The highest BCUT2D eigenvalue weighted by Gasteiger charge is 2.47. The maximum absolute atomic E-state index is 12.7. The standard InChI is InChI=1S/C19H26N2O6S/c1-26-10-9-20-28(24,25)17-11-13(7-8-16(17)27-2)12-21-18(22)14-5-3-4-6-15(14)19(21)23/h7-8,11,14-15,20H,3-6,9-10,12H2,1-2H3/t14-,15-/m0/s1. The van der Waals surface area contributed by atoms with E-state index in [0.717, 1.165) is 25.7 Å². The molecule has 1 aliphatic heterocycles. The zero-order chi connectivity index (χ0) is 20.3. The summed E-state index contributed by atoms with van der Waals surface area (Å²) in [5, 5.41) is 0. The molecule has 1 heterocycles. The topological polar surface area (TPSA) is 102 Å². The summed E-state index contributed by atoms with van der Waals surface area (Å²) in [5.41, 5.74) is 0.563. The van der Waals surface area contributed by atoms with Gasteiger partial charge in [0, 0.05) is 13.7 Å². The van der Waals surface area contributed by atoms with Crippen LogP contribution in [0.15, 0.2) is 23.1 Å². The van der Waals surface area contributed by atoms with E-state index in [4.69, 9.17) is 9.47 Å².